The topological polar surface area (TPSA) is 61.0 Å². The van der Waals surface area contributed by atoms with Crippen LogP contribution in [0.15, 0.2) is 30.5 Å². The highest BCUT2D eigenvalue weighted by atomic mass is 19.3. The van der Waals surface area contributed by atoms with Gasteiger partial charge in [-0.1, -0.05) is 13.8 Å². The van der Waals surface area contributed by atoms with E-state index >= 15 is 0 Å². The van der Waals surface area contributed by atoms with E-state index in [0.29, 0.717) is 11.8 Å². The maximum absolute atomic E-state index is 13.5. The molecule has 1 saturated carbocycles. The van der Waals surface area contributed by atoms with E-state index in [2.05, 4.69) is 23.8 Å². The fraction of sp³-hybridized carbons (Fsp3) is 0.474. The third-order valence-electron chi connectivity index (χ3n) is 4.87. The van der Waals surface area contributed by atoms with Crippen LogP contribution in [-0.4, -0.2) is 22.1 Å². The lowest BCUT2D eigenvalue weighted by Gasteiger charge is -2.17. The molecule has 0 bridgehead atoms. The summed E-state index contributed by atoms with van der Waals surface area (Å²) in [5.41, 5.74) is 5.17. The van der Waals surface area contributed by atoms with Crippen molar-refractivity contribution in [1.29, 1.82) is 0 Å². The van der Waals surface area contributed by atoms with Crippen LogP contribution < -0.4 is 10.5 Å². The molecule has 2 N–H and O–H groups in total. The molecule has 0 amide bonds. The van der Waals surface area contributed by atoms with Crippen LogP contribution >= 0.6 is 0 Å². The van der Waals surface area contributed by atoms with Crippen molar-refractivity contribution in [3.8, 4) is 17.0 Å². The SMILES string of the molecule is CC(C)C1C[C@@]1(N)COc1ccc(-c2ccnc(C(F)F)c2)nc1C(F)F. The van der Waals surface area contributed by atoms with Crippen LogP contribution in [0.1, 0.15) is 44.5 Å². The molecule has 27 heavy (non-hydrogen) atoms. The minimum Gasteiger partial charge on any atom is -0.490 e. The average molecular weight is 383 g/mol. The van der Waals surface area contributed by atoms with Gasteiger partial charge in [-0.25, -0.2) is 22.5 Å². The number of alkyl halides is 4. The number of aromatic nitrogens is 2. The minimum atomic E-state index is -2.87. The smallest absolute Gasteiger partial charge is 0.284 e. The van der Waals surface area contributed by atoms with Crippen LogP contribution in [0.5, 0.6) is 5.75 Å². The Morgan fingerprint density at radius 1 is 1.19 bits per heavy atom. The van der Waals surface area contributed by atoms with E-state index in [1.807, 2.05) is 0 Å². The summed E-state index contributed by atoms with van der Waals surface area (Å²) in [5.74, 6) is 0.643. The number of ether oxygens (including phenoxy) is 1. The molecule has 146 valence electrons. The number of hydrogen-bond acceptors (Lipinski definition) is 4. The van der Waals surface area contributed by atoms with Gasteiger partial charge in [0.1, 0.15) is 23.7 Å². The van der Waals surface area contributed by atoms with Crippen molar-refractivity contribution in [2.24, 2.45) is 17.6 Å². The van der Waals surface area contributed by atoms with E-state index in [0.717, 1.165) is 12.5 Å². The molecule has 1 fully saturated rings. The first-order valence-electron chi connectivity index (χ1n) is 8.66. The Morgan fingerprint density at radius 3 is 2.52 bits per heavy atom. The normalized spacial score (nSPS) is 21.9. The fourth-order valence-corrected chi connectivity index (χ4v) is 3.26. The molecule has 8 heteroatoms. The Bertz CT molecular complexity index is 815. The molecular formula is C19H21F4N3O. The average Bonchev–Trinajstić information content (AvgIpc) is 3.32. The summed E-state index contributed by atoms with van der Waals surface area (Å²) in [7, 11) is 0. The quantitative estimate of drug-likeness (QED) is 0.700. The molecular weight excluding hydrogens is 362 g/mol. The van der Waals surface area contributed by atoms with Crippen molar-refractivity contribution in [3.05, 3.63) is 41.9 Å². The number of pyridine rings is 2. The molecule has 0 spiro atoms. The molecule has 1 aliphatic rings. The first-order chi connectivity index (χ1) is 12.7. The van der Waals surface area contributed by atoms with E-state index in [-0.39, 0.29) is 23.6 Å². The van der Waals surface area contributed by atoms with Gasteiger partial charge < -0.3 is 10.5 Å². The zero-order valence-corrected chi connectivity index (χ0v) is 15.0. The third-order valence-corrected chi connectivity index (χ3v) is 4.87. The molecule has 2 aromatic rings. The summed E-state index contributed by atoms with van der Waals surface area (Å²) in [4.78, 5) is 7.49. The predicted octanol–water partition coefficient (Wildman–Crippen LogP) is 4.77. The van der Waals surface area contributed by atoms with Gasteiger partial charge in [-0.15, -0.1) is 0 Å². The molecule has 2 atom stereocenters. The van der Waals surface area contributed by atoms with Gasteiger partial charge in [-0.2, -0.15) is 0 Å². The highest BCUT2D eigenvalue weighted by Crippen LogP contribution is 2.46. The second-order valence-corrected chi connectivity index (χ2v) is 7.23. The molecule has 3 rings (SSSR count). The van der Waals surface area contributed by atoms with Crippen molar-refractivity contribution < 1.29 is 22.3 Å². The summed E-state index contributed by atoms with van der Waals surface area (Å²) in [6, 6.07) is 5.41. The molecule has 0 aliphatic heterocycles. The summed E-state index contributed by atoms with van der Waals surface area (Å²) in [6.07, 6.45) is -3.64. The zero-order chi connectivity index (χ0) is 19.8. The van der Waals surface area contributed by atoms with Crippen LogP contribution in [0.4, 0.5) is 17.6 Å². The second kappa shape index (κ2) is 7.42. The van der Waals surface area contributed by atoms with Gasteiger partial charge >= 0.3 is 0 Å². The molecule has 2 aromatic heterocycles. The molecule has 0 radical (unpaired) electrons. The van der Waals surface area contributed by atoms with Gasteiger partial charge in [-0.3, -0.25) is 4.98 Å². The predicted molar refractivity (Wildman–Crippen MR) is 92.7 cm³/mol. The van der Waals surface area contributed by atoms with Crippen molar-refractivity contribution in [2.75, 3.05) is 6.61 Å². The third kappa shape index (κ3) is 4.21. The maximum atomic E-state index is 13.5. The standard InChI is InChI=1S/C19H21F4N3O/c1-10(2)12-8-19(12,24)9-27-15-4-3-13(26-16(15)18(22)23)11-5-6-25-14(7-11)17(20)21/h3-7,10,12,17-18H,8-9,24H2,1-2H3/t12?,19-/m1/s1. The van der Waals surface area contributed by atoms with Crippen LogP contribution in [0.2, 0.25) is 0 Å². The lowest BCUT2D eigenvalue weighted by molar-refractivity contribution is 0.138. The summed E-state index contributed by atoms with van der Waals surface area (Å²) < 4.78 is 58.1. The van der Waals surface area contributed by atoms with Gasteiger partial charge in [0.05, 0.1) is 11.2 Å². The molecule has 4 nitrogen and oxygen atoms in total. The van der Waals surface area contributed by atoms with Gasteiger partial charge in [0.15, 0.2) is 0 Å². The maximum Gasteiger partial charge on any atom is 0.284 e. The van der Waals surface area contributed by atoms with Crippen molar-refractivity contribution >= 4 is 0 Å². The lowest BCUT2D eigenvalue weighted by Crippen LogP contribution is -2.34. The van der Waals surface area contributed by atoms with Gasteiger partial charge in [0, 0.05) is 11.8 Å². The van der Waals surface area contributed by atoms with Crippen LogP contribution in [0.25, 0.3) is 11.3 Å². The van der Waals surface area contributed by atoms with Gasteiger partial charge in [0.25, 0.3) is 12.9 Å². The number of nitrogens with zero attached hydrogens (tertiary/aromatic N) is 2. The second-order valence-electron chi connectivity index (χ2n) is 7.23. The summed E-state index contributed by atoms with van der Waals surface area (Å²) in [6.45, 7) is 4.24. The number of nitrogens with two attached hydrogens (primary N) is 1. The Balaban J connectivity index is 1.82. The van der Waals surface area contributed by atoms with E-state index < -0.39 is 29.8 Å². The van der Waals surface area contributed by atoms with Crippen LogP contribution in [-0.2, 0) is 0 Å². The molecule has 1 aliphatic carbocycles. The van der Waals surface area contributed by atoms with Crippen LogP contribution in [0, 0.1) is 11.8 Å². The number of hydrogen-bond donors (Lipinski definition) is 1. The largest absolute Gasteiger partial charge is 0.490 e. The lowest BCUT2D eigenvalue weighted by atomic mass is 10.1. The fourth-order valence-electron chi connectivity index (χ4n) is 3.26. The Kier molecular flexibility index (Phi) is 5.37. The highest BCUT2D eigenvalue weighted by molar-refractivity contribution is 5.60. The van der Waals surface area contributed by atoms with Crippen molar-refractivity contribution in [2.45, 2.75) is 38.7 Å². The van der Waals surface area contributed by atoms with Gasteiger partial charge in [-0.05, 0) is 42.5 Å². The minimum absolute atomic E-state index is 0.0453. The summed E-state index contributed by atoms with van der Waals surface area (Å²) in [5, 5.41) is 0. The Hall–Kier alpha value is -2.22. The molecule has 0 saturated heterocycles. The Labute approximate surface area is 154 Å². The number of halogens is 4. The first kappa shape index (κ1) is 19.5. The molecule has 2 heterocycles. The van der Waals surface area contributed by atoms with Crippen molar-refractivity contribution in [3.63, 3.8) is 0 Å². The monoisotopic (exact) mass is 383 g/mol. The zero-order valence-electron chi connectivity index (χ0n) is 15.0. The van der Waals surface area contributed by atoms with Crippen LogP contribution in [0.3, 0.4) is 0 Å². The van der Waals surface area contributed by atoms with Crippen molar-refractivity contribution in [1.82, 2.24) is 9.97 Å². The Morgan fingerprint density at radius 2 is 1.93 bits per heavy atom. The molecule has 1 unspecified atom stereocenters. The summed E-state index contributed by atoms with van der Waals surface area (Å²) >= 11 is 0. The first-order valence-corrected chi connectivity index (χ1v) is 8.66. The van der Waals surface area contributed by atoms with E-state index in [1.54, 1.807) is 0 Å². The highest BCUT2D eigenvalue weighted by Gasteiger charge is 2.53. The van der Waals surface area contributed by atoms with Gasteiger partial charge in [0.2, 0.25) is 0 Å². The number of rotatable bonds is 7. The van der Waals surface area contributed by atoms with E-state index in [4.69, 9.17) is 10.5 Å². The van der Waals surface area contributed by atoms with E-state index in [1.165, 1.54) is 24.4 Å². The van der Waals surface area contributed by atoms with E-state index in [9.17, 15) is 17.6 Å². The molecule has 0 aromatic carbocycles.